The number of hydrogen-bond donors (Lipinski definition) is 0. The molecule has 2 fully saturated rings. The molecule has 0 N–H and O–H groups in total. The van der Waals surface area contributed by atoms with Crippen LogP contribution in [-0.2, 0) is 11.3 Å². The van der Waals surface area contributed by atoms with Crippen LogP contribution in [0.5, 0.6) is 0 Å². The van der Waals surface area contributed by atoms with Crippen LogP contribution in [0, 0.1) is 6.92 Å². The summed E-state index contributed by atoms with van der Waals surface area (Å²) < 4.78 is 11.3. The zero-order valence-corrected chi connectivity index (χ0v) is 12.7. The molecule has 6 nitrogen and oxygen atoms in total. The van der Waals surface area contributed by atoms with Crippen molar-refractivity contribution in [3.63, 3.8) is 0 Å². The molecule has 0 bridgehead atoms. The minimum atomic E-state index is 0.247. The van der Waals surface area contributed by atoms with Gasteiger partial charge in [0.15, 0.2) is 5.82 Å². The fraction of sp³-hybridized carbons (Fsp3) is 0.562. The number of aryl methyl sites for hydroxylation is 1. The molecule has 22 heavy (non-hydrogen) atoms. The van der Waals surface area contributed by atoms with Gasteiger partial charge in [-0.1, -0.05) is 11.2 Å². The lowest BCUT2D eigenvalue weighted by Gasteiger charge is -2.39. The van der Waals surface area contributed by atoms with Gasteiger partial charge in [0.05, 0.1) is 12.0 Å². The van der Waals surface area contributed by atoms with E-state index in [1.54, 1.807) is 0 Å². The van der Waals surface area contributed by atoms with E-state index in [4.69, 9.17) is 9.26 Å². The van der Waals surface area contributed by atoms with E-state index in [-0.39, 0.29) is 12.0 Å². The summed E-state index contributed by atoms with van der Waals surface area (Å²) in [7, 11) is 0. The van der Waals surface area contributed by atoms with Gasteiger partial charge in [-0.15, -0.1) is 0 Å². The molecule has 0 aromatic carbocycles. The Labute approximate surface area is 129 Å². The number of hydrogen-bond acceptors (Lipinski definition) is 6. The molecule has 2 aromatic rings. The summed E-state index contributed by atoms with van der Waals surface area (Å²) >= 11 is 0. The van der Waals surface area contributed by atoms with Crippen LogP contribution in [0.1, 0.15) is 36.0 Å². The summed E-state index contributed by atoms with van der Waals surface area (Å²) in [6.45, 7) is 4.52. The van der Waals surface area contributed by atoms with E-state index in [1.165, 1.54) is 5.56 Å². The standard InChI is InChI=1S/C16H20N4O2/c1-11-18-16(22-19-11)13-7-15-14(4-6-21-15)20(10-13)9-12-3-2-5-17-8-12/h2-3,5,8,13-15H,4,6-7,9-10H2,1H3/t13-,14+,15+/m1/s1. The SMILES string of the molecule is Cc1noc([C@@H]2C[C@@H]3OCC[C@@H]3N(Cc3cccnc3)C2)n1. The summed E-state index contributed by atoms with van der Waals surface area (Å²) in [5.74, 6) is 1.68. The average molecular weight is 300 g/mol. The number of pyridine rings is 1. The summed E-state index contributed by atoms with van der Waals surface area (Å²) in [5, 5.41) is 3.93. The van der Waals surface area contributed by atoms with E-state index in [0.717, 1.165) is 38.4 Å². The Kier molecular flexibility index (Phi) is 3.63. The molecule has 2 aliphatic rings. The van der Waals surface area contributed by atoms with E-state index in [9.17, 15) is 0 Å². The maximum atomic E-state index is 5.94. The average Bonchev–Trinajstić information content (AvgIpc) is 3.17. The topological polar surface area (TPSA) is 64.3 Å². The van der Waals surface area contributed by atoms with Crippen molar-refractivity contribution >= 4 is 0 Å². The molecule has 0 saturated carbocycles. The van der Waals surface area contributed by atoms with Gasteiger partial charge in [0, 0.05) is 38.1 Å². The van der Waals surface area contributed by atoms with Crippen LogP contribution in [0.15, 0.2) is 29.0 Å². The third-order valence-corrected chi connectivity index (χ3v) is 4.62. The highest BCUT2D eigenvalue weighted by atomic mass is 16.5. The lowest BCUT2D eigenvalue weighted by atomic mass is 9.89. The maximum absolute atomic E-state index is 5.94. The number of aromatic nitrogens is 3. The number of ether oxygens (including phenoxy) is 1. The first-order chi connectivity index (χ1) is 10.8. The minimum Gasteiger partial charge on any atom is -0.377 e. The van der Waals surface area contributed by atoms with Gasteiger partial charge in [-0.2, -0.15) is 4.98 Å². The molecular weight excluding hydrogens is 280 g/mol. The lowest BCUT2D eigenvalue weighted by molar-refractivity contribution is 0.00843. The molecule has 0 spiro atoms. The Hall–Kier alpha value is -1.79. The number of rotatable bonds is 3. The van der Waals surface area contributed by atoms with Crippen molar-refractivity contribution < 1.29 is 9.26 Å². The summed E-state index contributed by atoms with van der Waals surface area (Å²) in [6, 6.07) is 4.60. The monoisotopic (exact) mass is 300 g/mol. The van der Waals surface area contributed by atoms with Gasteiger partial charge in [0.2, 0.25) is 5.89 Å². The van der Waals surface area contributed by atoms with Crippen LogP contribution < -0.4 is 0 Å². The third kappa shape index (κ3) is 2.64. The number of nitrogens with zero attached hydrogens (tertiary/aromatic N) is 4. The van der Waals surface area contributed by atoms with E-state index < -0.39 is 0 Å². The molecule has 0 amide bonds. The van der Waals surface area contributed by atoms with Gasteiger partial charge >= 0.3 is 0 Å². The number of fused-ring (bicyclic) bond motifs is 1. The van der Waals surface area contributed by atoms with Gasteiger partial charge < -0.3 is 9.26 Å². The summed E-state index contributed by atoms with van der Waals surface area (Å²) in [4.78, 5) is 11.1. The second-order valence-electron chi connectivity index (χ2n) is 6.17. The van der Waals surface area contributed by atoms with E-state index in [1.807, 2.05) is 25.4 Å². The van der Waals surface area contributed by atoms with Crippen LogP contribution in [-0.4, -0.2) is 45.3 Å². The Bertz CT molecular complexity index is 630. The normalized spacial score (nSPS) is 28.7. The second-order valence-corrected chi connectivity index (χ2v) is 6.17. The van der Waals surface area contributed by atoms with Crippen LogP contribution in [0.3, 0.4) is 0 Å². The summed E-state index contributed by atoms with van der Waals surface area (Å²) in [6.07, 6.45) is 6.08. The number of likely N-dealkylation sites (tertiary alicyclic amines) is 1. The van der Waals surface area contributed by atoms with Gasteiger partial charge in [-0.3, -0.25) is 9.88 Å². The third-order valence-electron chi connectivity index (χ3n) is 4.62. The van der Waals surface area contributed by atoms with E-state index in [0.29, 0.717) is 11.9 Å². The first-order valence-corrected chi connectivity index (χ1v) is 7.84. The Morgan fingerprint density at radius 1 is 1.41 bits per heavy atom. The van der Waals surface area contributed by atoms with Crippen molar-refractivity contribution in [2.75, 3.05) is 13.2 Å². The van der Waals surface area contributed by atoms with Gasteiger partial charge in [0.1, 0.15) is 0 Å². The van der Waals surface area contributed by atoms with Crippen molar-refractivity contribution in [3.05, 3.63) is 41.8 Å². The highest BCUT2D eigenvalue weighted by Crippen LogP contribution is 2.36. The highest BCUT2D eigenvalue weighted by Gasteiger charge is 2.42. The second kappa shape index (κ2) is 5.78. The molecule has 0 aliphatic carbocycles. The first-order valence-electron chi connectivity index (χ1n) is 7.84. The molecular formula is C16H20N4O2. The van der Waals surface area contributed by atoms with Gasteiger partial charge in [-0.25, -0.2) is 0 Å². The van der Waals surface area contributed by atoms with Crippen molar-refractivity contribution in [3.8, 4) is 0 Å². The van der Waals surface area contributed by atoms with Crippen molar-refractivity contribution in [2.24, 2.45) is 0 Å². The Balaban J connectivity index is 1.55. The molecule has 6 heteroatoms. The fourth-order valence-corrected chi connectivity index (χ4v) is 3.62. The zero-order chi connectivity index (χ0) is 14.9. The maximum Gasteiger partial charge on any atom is 0.231 e. The van der Waals surface area contributed by atoms with Crippen molar-refractivity contribution in [1.29, 1.82) is 0 Å². The van der Waals surface area contributed by atoms with Gasteiger partial charge in [-0.05, 0) is 31.4 Å². The van der Waals surface area contributed by atoms with Crippen LogP contribution in [0.25, 0.3) is 0 Å². The summed E-state index contributed by atoms with van der Waals surface area (Å²) in [5.41, 5.74) is 1.23. The molecule has 0 radical (unpaired) electrons. The van der Waals surface area contributed by atoms with Crippen LogP contribution in [0.2, 0.25) is 0 Å². The largest absolute Gasteiger partial charge is 0.377 e. The quantitative estimate of drug-likeness (QED) is 0.863. The van der Waals surface area contributed by atoms with Gasteiger partial charge in [0.25, 0.3) is 0 Å². The molecule has 0 unspecified atom stereocenters. The van der Waals surface area contributed by atoms with E-state index in [2.05, 4.69) is 26.1 Å². The molecule has 4 heterocycles. The minimum absolute atomic E-state index is 0.247. The lowest BCUT2D eigenvalue weighted by Crippen LogP contribution is -2.48. The molecule has 2 aromatic heterocycles. The molecule has 4 rings (SSSR count). The molecule has 2 saturated heterocycles. The number of piperidine rings is 1. The first kappa shape index (κ1) is 13.8. The molecule has 3 atom stereocenters. The molecule has 2 aliphatic heterocycles. The van der Waals surface area contributed by atoms with Crippen LogP contribution >= 0.6 is 0 Å². The predicted octanol–water partition coefficient (Wildman–Crippen LogP) is 1.92. The van der Waals surface area contributed by atoms with Crippen molar-refractivity contribution in [1.82, 2.24) is 20.0 Å². The zero-order valence-electron chi connectivity index (χ0n) is 12.7. The van der Waals surface area contributed by atoms with Crippen molar-refractivity contribution in [2.45, 2.75) is 44.4 Å². The van der Waals surface area contributed by atoms with Crippen LogP contribution in [0.4, 0.5) is 0 Å². The Morgan fingerprint density at radius 2 is 2.36 bits per heavy atom. The molecule has 116 valence electrons. The van der Waals surface area contributed by atoms with E-state index >= 15 is 0 Å². The highest BCUT2D eigenvalue weighted by molar-refractivity contribution is 5.11. The Morgan fingerprint density at radius 3 is 3.14 bits per heavy atom. The predicted molar refractivity (Wildman–Crippen MR) is 79.2 cm³/mol. The smallest absolute Gasteiger partial charge is 0.231 e. The fourth-order valence-electron chi connectivity index (χ4n) is 3.62.